The van der Waals surface area contributed by atoms with Crippen molar-refractivity contribution in [1.29, 1.82) is 0 Å². The van der Waals surface area contributed by atoms with Gasteiger partial charge >= 0.3 is 5.97 Å². The van der Waals surface area contributed by atoms with Crippen LogP contribution in [0.2, 0.25) is 5.02 Å². The first-order chi connectivity index (χ1) is 13.4. The molecule has 3 aromatic rings. The zero-order valence-electron chi connectivity index (χ0n) is 14.9. The molecule has 0 fully saturated rings. The van der Waals surface area contributed by atoms with Gasteiger partial charge in [0.05, 0.1) is 6.42 Å². The average Bonchev–Trinajstić information content (AvgIpc) is 3.16. The van der Waals surface area contributed by atoms with Gasteiger partial charge < -0.3 is 9.26 Å². The lowest BCUT2D eigenvalue weighted by atomic mass is 10.1. The number of hydrogen-bond donors (Lipinski definition) is 0. The summed E-state index contributed by atoms with van der Waals surface area (Å²) in [5.74, 6) is -0.851. The Morgan fingerprint density at radius 3 is 2.61 bits per heavy atom. The lowest BCUT2D eigenvalue weighted by Crippen LogP contribution is -2.08. The molecule has 0 radical (unpaired) electrons. The number of Topliss-reactive ketones (excluding diaryl/α,β-unsaturated/α-hetero) is 1. The molecule has 0 saturated heterocycles. The van der Waals surface area contributed by atoms with E-state index in [1.165, 1.54) is 6.07 Å². The van der Waals surface area contributed by atoms with Crippen LogP contribution >= 0.6 is 11.6 Å². The first-order valence-electron chi connectivity index (χ1n) is 8.46. The zero-order valence-corrected chi connectivity index (χ0v) is 15.7. The van der Waals surface area contributed by atoms with Crippen LogP contribution < -0.4 is 0 Å². The van der Waals surface area contributed by atoms with Crippen molar-refractivity contribution >= 4 is 23.4 Å². The molecule has 1 aromatic heterocycles. The molecule has 0 aliphatic rings. The fraction of sp³-hybridized carbons (Fsp3) is 0.200. The highest BCUT2D eigenvalue weighted by Crippen LogP contribution is 2.19. The van der Waals surface area contributed by atoms with Crippen LogP contribution in [-0.2, 0) is 16.1 Å². The fourth-order valence-electron chi connectivity index (χ4n) is 2.37. The van der Waals surface area contributed by atoms with Gasteiger partial charge in [0, 0.05) is 22.6 Å². The Morgan fingerprint density at radius 1 is 1.14 bits per heavy atom. The number of carbonyl (C=O) groups excluding carboxylic acids is 2. The van der Waals surface area contributed by atoms with E-state index in [9.17, 15) is 14.0 Å². The molecule has 144 valence electrons. The van der Waals surface area contributed by atoms with Gasteiger partial charge in [-0.05, 0) is 42.8 Å². The number of nitrogens with zero attached hydrogens (tertiary/aromatic N) is 2. The fourth-order valence-corrected chi connectivity index (χ4v) is 2.50. The maximum absolute atomic E-state index is 13.6. The van der Waals surface area contributed by atoms with E-state index in [0.29, 0.717) is 21.7 Å². The Kier molecular flexibility index (Phi) is 6.16. The third-order valence-electron chi connectivity index (χ3n) is 3.98. The summed E-state index contributed by atoms with van der Waals surface area (Å²) >= 11 is 5.77. The Balaban J connectivity index is 1.49. The van der Waals surface area contributed by atoms with Crippen LogP contribution in [0.1, 0.15) is 34.7 Å². The van der Waals surface area contributed by atoms with Crippen molar-refractivity contribution in [2.75, 3.05) is 0 Å². The van der Waals surface area contributed by atoms with E-state index in [0.717, 1.165) is 0 Å². The van der Waals surface area contributed by atoms with Gasteiger partial charge in [0.2, 0.25) is 5.82 Å². The van der Waals surface area contributed by atoms with Crippen molar-refractivity contribution in [3.05, 3.63) is 70.3 Å². The van der Waals surface area contributed by atoms with E-state index in [1.54, 1.807) is 43.3 Å². The van der Waals surface area contributed by atoms with Crippen LogP contribution in [0.5, 0.6) is 0 Å². The number of hydrogen-bond acceptors (Lipinski definition) is 6. The predicted octanol–water partition coefficient (Wildman–Crippen LogP) is 4.54. The molecular formula is C20H16ClFN2O4. The Hall–Kier alpha value is -3.06. The lowest BCUT2D eigenvalue weighted by molar-refractivity contribution is -0.145. The van der Waals surface area contributed by atoms with E-state index in [2.05, 4.69) is 10.1 Å². The molecular weight excluding hydrogens is 387 g/mol. The first kappa shape index (κ1) is 19.7. The SMILES string of the molecule is Cc1ccc(-c2noc(COC(=O)CCC(=O)c3ccc(Cl)cc3)n2)cc1F. The maximum atomic E-state index is 13.6. The second kappa shape index (κ2) is 8.75. The molecule has 0 aliphatic heterocycles. The number of rotatable bonds is 7. The van der Waals surface area contributed by atoms with Gasteiger partial charge in [-0.2, -0.15) is 4.98 Å². The summed E-state index contributed by atoms with van der Waals surface area (Å²) in [5, 5.41) is 4.28. The van der Waals surface area contributed by atoms with Crippen molar-refractivity contribution in [3.8, 4) is 11.4 Å². The van der Waals surface area contributed by atoms with Gasteiger partial charge in [-0.15, -0.1) is 0 Å². The highest BCUT2D eigenvalue weighted by atomic mass is 35.5. The Morgan fingerprint density at radius 2 is 1.89 bits per heavy atom. The number of aromatic nitrogens is 2. The van der Waals surface area contributed by atoms with Crippen molar-refractivity contribution in [3.63, 3.8) is 0 Å². The van der Waals surface area contributed by atoms with Crippen LogP contribution in [0.25, 0.3) is 11.4 Å². The summed E-state index contributed by atoms with van der Waals surface area (Å²) in [5.41, 5.74) is 1.44. The average molecular weight is 403 g/mol. The molecule has 2 aromatic carbocycles. The molecule has 0 amide bonds. The maximum Gasteiger partial charge on any atom is 0.306 e. The third-order valence-corrected chi connectivity index (χ3v) is 4.23. The van der Waals surface area contributed by atoms with E-state index in [1.807, 2.05) is 0 Å². The summed E-state index contributed by atoms with van der Waals surface area (Å²) in [6.45, 7) is 1.42. The van der Waals surface area contributed by atoms with Gasteiger partial charge in [-0.3, -0.25) is 9.59 Å². The molecule has 0 unspecified atom stereocenters. The third kappa shape index (κ3) is 5.01. The molecule has 1 heterocycles. The van der Waals surface area contributed by atoms with Crippen molar-refractivity contribution in [2.24, 2.45) is 0 Å². The molecule has 0 atom stereocenters. The quantitative estimate of drug-likeness (QED) is 0.426. The largest absolute Gasteiger partial charge is 0.456 e. The molecule has 0 bridgehead atoms. The summed E-state index contributed by atoms with van der Waals surface area (Å²) in [6.07, 6.45) is -0.0657. The van der Waals surface area contributed by atoms with Crippen LogP contribution in [0.3, 0.4) is 0 Å². The van der Waals surface area contributed by atoms with E-state index >= 15 is 0 Å². The van der Waals surface area contributed by atoms with Gasteiger partial charge in [0.1, 0.15) is 5.82 Å². The van der Waals surface area contributed by atoms with Gasteiger partial charge in [-0.25, -0.2) is 4.39 Å². The monoisotopic (exact) mass is 402 g/mol. The summed E-state index contributed by atoms with van der Waals surface area (Å²) in [7, 11) is 0. The topological polar surface area (TPSA) is 82.3 Å². The van der Waals surface area contributed by atoms with E-state index < -0.39 is 5.97 Å². The normalized spacial score (nSPS) is 10.7. The molecule has 0 saturated carbocycles. The Bertz CT molecular complexity index is 1000. The standard InChI is InChI=1S/C20H16ClFN2O4/c1-12-2-3-14(10-16(12)22)20-23-18(28-24-20)11-27-19(26)9-8-17(25)13-4-6-15(21)7-5-13/h2-7,10H,8-9,11H2,1H3. The van der Waals surface area contributed by atoms with Crippen LogP contribution in [-0.4, -0.2) is 21.9 Å². The van der Waals surface area contributed by atoms with Crippen LogP contribution in [0.15, 0.2) is 47.0 Å². The molecule has 0 N–H and O–H groups in total. The molecule has 28 heavy (non-hydrogen) atoms. The summed E-state index contributed by atoms with van der Waals surface area (Å²) in [4.78, 5) is 27.9. The van der Waals surface area contributed by atoms with Crippen molar-refractivity contribution in [1.82, 2.24) is 10.1 Å². The van der Waals surface area contributed by atoms with Gasteiger partial charge in [0.25, 0.3) is 5.89 Å². The number of aryl methyl sites for hydroxylation is 1. The highest BCUT2D eigenvalue weighted by molar-refractivity contribution is 6.30. The smallest absolute Gasteiger partial charge is 0.306 e. The number of benzene rings is 2. The number of halogens is 2. The highest BCUT2D eigenvalue weighted by Gasteiger charge is 2.14. The van der Waals surface area contributed by atoms with E-state index in [4.69, 9.17) is 20.9 Å². The summed E-state index contributed by atoms with van der Waals surface area (Å²) < 4.78 is 23.7. The first-order valence-corrected chi connectivity index (χ1v) is 8.83. The molecule has 6 nitrogen and oxygen atoms in total. The molecule has 0 spiro atoms. The van der Waals surface area contributed by atoms with Crippen LogP contribution in [0.4, 0.5) is 4.39 Å². The summed E-state index contributed by atoms with van der Waals surface area (Å²) in [6, 6.07) is 11.0. The minimum absolute atomic E-state index is 0.0121. The predicted molar refractivity (Wildman–Crippen MR) is 99.2 cm³/mol. The Labute approximate surface area is 165 Å². The van der Waals surface area contributed by atoms with Crippen molar-refractivity contribution in [2.45, 2.75) is 26.4 Å². The lowest BCUT2D eigenvalue weighted by Gasteiger charge is -2.02. The number of ether oxygens (including phenoxy) is 1. The van der Waals surface area contributed by atoms with Crippen LogP contribution in [0, 0.1) is 12.7 Å². The second-order valence-electron chi connectivity index (χ2n) is 6.07. The number of ketones is 1. The molecule has 0 aliphatic carbocycles. The minimum atomic E-state index is -0.566. The molecule has 3 rings (SSSR count). The van der Waals surface area contributed by atoms with Gasteiger partial charge in [-0.1, -0.05) is 28.9 Å². The van der Waals surface area contributed by atoms with E-state index in [-0.39, 0.29) is 42.8 Å². The number of esters is 1. The molecule has 8 heteroatoms. The minimum Gasteiger partial charge on any atom is -0.456 e. The number of carbonyl (C=O) groups is 2. The second-order valence-corrected chi connectivity index (χ2v) is 6.50. The van der Waals surface area contributed by atoms with Crippen molar-refractivity contribution < 1.29 is 23.2 Å². The zero-order chi connectivity index (χ0) is 20.1. The van der Waals surface area contributed by atoms with Gasteiger partial charge in [0.15, 0.2) is 12.4 Å².